The molecule has 4 heteroatoms. The molecular formula is C13H15BrN2O. The number of anilines is 1. The zero-order valence-electron chi connectivity index (χ0n) is 9.49. The van der Waals surface area contributed by atoms with Gasteiger partial charge >= 0.3 is 0 Å². The Morgan fingerprint density at radius 2 is 2.00 bits per heavy atom. The van der Waals surface area contributed by atoms with E-state index in [1.54, 1.807) is 0 Å². The van der Waals surface area contributed by atoms with Crippen molar-refractivity contribution in [3.63, 3.8) is 0 Å². The van der Waals surface area contributed by atoms with E-state index >= 15 is 0 Å². The molecule has 17 heavy (non-hydrogen) atoms. The number of aliphatic hydroxyl groups is 1. The van der Waals surface area contributed by atoms with E-state index in [0.29, 0.717) is 11.6 Å². The molecule has 0 bridgehead atoms. The van der Waals surface area contributed by atoms with E-state index in [0.717, 1.165) is 35.8 Å². The molecule has 1 saturated carbocycles. The van der Waals surface area contributed by atoms with Gasteiger partial charge in [-0.15, -0.1) is 0 Å². The first-order valence-corrected chi connectivity index (χ1v) is 6.62. The van der Waals surface area contributed by atoms with Gasteiger partial charge < -0.3 is 10.4 Å². The molecule has 1 aromatic rings. The van der Waals surface area contributed by atoms with Crippen LogP contribution in [-0.2, 0) is 0 Å². The SMILES string of the molecule is N#Cc1ccc(NC2CCC(O)CC2)cc1Br. The van der Waals surface area contributed by atoms with Gasteiger partial charge in [-0.25, -0.2) is 0 Å². The fourth-order valence-corrected chi connectivity index (χ4v) is 2.62. The van der Waals surface area contributed by atoms with Crippen LogP contribution in [0, 0.1) is 11.3 Å². The van der Waals surface area contributed by atoms with Crippen molar-refractivity contribution in [2.24, 2.45) is 0 Å². The normalized spacial score (nSPS) is 24.1. The van der Waals surface area contributed by atoms with Gasteiger partial charge in [0.1, 0.15) is 6.07 Å². The van der Waals surface area contributed by atoms with Crippen LogP contribution in [0.15, 0.2) is 22.7 Å². The lowest BCUT2D eigenvalue weighted by Crippen LogP contribution is -2.28. The first kappa shape index (κ1) is 12.4. The number of benzene rings is 1. The number of halogens is 1. The molecule has 1 aliphatic rings. The van der Waals surface area contributed by atoms with E-state index in [1.165, 1.54) is 0 Å². The van der Waals surface area contributed by atoms with Crippen molar-refractivity contribution in [2.75, 3.05) is 5.32 Å². The van der Waals surface area contributed by atoms with Gasteiger partial charge in [0.2, 0.25) is 0 Å². The monoisotopic (exact) mass is 294 g/mol. The van der Waals surface area contributed by atoms with Gasteiger partial charge in [-0.1, -0.05) is 0 Å². The Morgan fingerprint density at radius 1 is 1.29 bits per heavy atom. The van der Waals surface area contributed by atoms with Crippen LogP contribution in [0.1, 0.15) is 31.2 Å². The predicted octanol–water partition coefficient (Wildman–Crippen LogP) is 3.04. The molecule has 90 valence electrons. The van der Waals surface area contributed by atoms with Crippen LogP contribution >= 0.6 is 15.9 Å². The van der Waals surface area contributed by atoms with E-state index in [2.05, 4.69) is 27.3 Å². The molecule has 0 heterocycles. The highest BCUT2D eigenvalue weighted by Crippen LogP contribution is 2.25. The topological polar surface area (TPSA) is 56.0 Å². The molecule has 2 rings (SSSR count). The van der Waals surface area contributed by atoms with E-state index in [-0.39, 0.29) is 6.10 Å². The summed E-state index contributed by atoms with van der Waals surface area (Å²) in [5.41, 5.74) is 1.67. The van der Waals surface area contributed by atoms with Gasteiger partial charge in [-0.2, -0.15) is 5.26 Å². The maximum absolute atomic E-state index is 9.43. The first-order chi connectivity index (χ1) is 8.19. The summed E-state index contributed by atoms with van der Waals surface area (Å²) in [4.78, 5) is 0. The highest BCUT2D eigenvalue weighted by Gasteiger charge is 2.19. The predicted molar refractivity (Wildman–Crippen MR) is 70.7 cm³/mol. The van der Waals surface area contributed by atoms with E-state index in [9.17, 15) is 5.11 Å². The second-order valence-electron chi connectivity index (χ2n) is 4.46. The third-order valence-corrected chi connectivity index (χ3v) is 3.81. The summed E-state index contributed by atoms with van der Waals surface area (Å²) in [5, 5.41) is 21.7. The van der Waals surface area contributed by atoms with Gasteiger partial charge in [0, 0.05) is 16.2 Å². The molecule has 0 spiro atoms. The Balaban J connectivity index is 2.00. The molecular weight excluding hydrogens is 280 g/mol. The van der Waals surface area contributed by atoms with Crippen molar-refractivity contribution in [1.82, 2.24) is 0 Å². The van der Waals surface area contributed by atoms with Crippen LogP contribution in [0.4, 0.5) is 5.69 Å². The first-order valence-electron chi connectivity index (χ1n) is 5.83. The molecule has 0 saturated heterocycles. The Bertz CT molecular complexity index is 434. The molecule has 1 aliphatic carbocycles. The van der Waals surface area contributed by atoms with Gasteiger partial charge in [0.25, 0.3) is 0 Å². The van der Waals surface area contributed by atoms with Crippen LogP contribution < -0.4 is 5.32 Å². The van der Waals surface area contributed by atoms with Gasteiger partial charge in [-0.05, 0) is 59.8 Å². The van der Waals surface area contributed by atoms with Crippen molar-refractivity contribution in [2.45, 2.75) is 37.8 Å². The Hall–Kier alpha value is -1.05. The summed E-state index contributed by atoms with van der Waals surface area (Å²) in [5.74, 6) is 0. The van der Waals surface area contributed by atoms with Crippen LogP contribution in [0.2, 0.25) is 0 Å². The Kier molecular flexibility index (Phi) is 4.03. The van der Waals surface area contributed by atoms with E-state index < -0.39 is 0 Å². The molecule has 0 amide bonds. The molecule has 2 N–H and O–H groups in total. The second kappa shape index (κ2) is 5.52. The standard InChI is InChI=1S/C13H15BrN2O/c14-13-7-11(2-1-9(13)8-15)16-10-3-5-12(17)6-4-10/h1-2,7,10,12,16-17H,3-6H2. The molecule has 0 aromatic heterocycles. The summed E-state index contributed by atoms with van der Waals surface area (Å²) >= 11 is 3.38. The van der Waals surface area contributed by atoms with Gasteiger partial charge in [0.15, 0.2) is 0 Å². The minimum absolute atomic E-state index is 0.124. The minimum Gasteiger partial charge on any atom is -0.393 e. The molecule has 1 aromatic carbocycles. The number of hydrogen-bond acceptors (Lipinski definition) is 3. The van der Waals surface area contributed by atoms with Crippen molar-refractivity contribution in [1.29, 1.82) is 5.26 Å². The number of nitrogens with zero attached hydrogens (tertiary/aromatic N) is 1. The quantitative estimate of drug-likeness (QED) is 0.881. The average molecular weight is 295 g/mol. The molecule has 0 unspecified atom stereocenters. The van der Waals surface area contributed by atoms with Crippen molar-refractivity contribution >= 4 is 21.6 Å². The lowest BCUT2D eigenvalue weighted by Gasteiger charge is -2.27. The van der Waals surface area contributed by atoms with E-state index in [1.807, 2.05) is 18.2 Å². The summed E-state index contributed by atoms with van der Waals surface area (Å²) < 4.78 is 0.820. The zero-order valence-corrected chi connectivity index (χ0v) is 11.1. The Labute approximate surface area is 110 Å². The fourth-order valence-electron chi connectivity index (χ4n) is 2.15. The van der Waals surface area contributed by atoms with Crippen molar-refractivity contribution in [3.05, 3.63) is 28.2 Å². The molecule has 1 fully saturated rings. The summed E-state index contributed by atoms with van der Waals surface area (Å²) in [6, 6.07) is 8.22. The second-order valence-corrected chi connectivity index (χ2v) is 5.31. The maximum Gasteiger partial charge on any atom is 0.100 e. The van der Waals surface area contributed by atoms with Gasteiger partial charge in [-0.3, -0.25) is 0 Å². The summed E-state index contributed by atoms with van der Waals surface area (Å²) in [7, 11) is 0. The molecule has 0 radical (unpaired) electrons. The Morgan fingerprint density at radius 3 is 2.59 bits per heavy atom. The fraction of sp³-hybridized carbons (Fsp3) is 0.462. The van der Waals surface area contributed by atoms with Crippen molar-refractivity contribution in [3.8, 4) is 6.07 Å². The highest BCUT2D eigenvalue weighted by atomic mass is 79.9. The van der Waals surface area contributed by atoms with Crippen molar-refractivity contribution < 1.29 is 5.11 Å². The van der Waals surface area contributed by atoms with Gasteiger partial charge in [0.05, 0.1) is 11.7 Å². The molecule has 3 nitrogen and oxygen atoms in total. The number of aliphatic hydroxyl groups excluding tert-OH is 1. The average Bonchev–Trinajstić information content (AvgIpc) is 2.32. The largest absolute Gasteiger partial charge is 0.393 e. The lowest BCUT2D eigenvalue weighted by molar-refractivity contribution is 0.126. The van der Waals surface area contributed by atoms with Crippen LogP contribution in [-0.4, -0.2) is 17.3 Å². The number of rotatable bonds is 2. The third kappa shape index (κ3) is 3.21. The van der Waals surface area contributed by atoms with E-state index in [4.69, 9.17) is 5.26 Å². The van der Waals surface area contributed by atoms with Crippen LogP contribution in [0.5, 0.6) is 0 Å². The van der Waals surface area contributed by atoms with Crippen LogP contribution in [0.25, 0.3) is 0 Å². The molecule has 0 atom stereocenters. The zero-order chi connectivity index (χ0) is 12.3. The number of nitrogens with one attached hydrogen (secondary N) is 1. The third-order valence-electron chi connectivity index (χ3n) is 3.16. The lowest BCUT2D eigenvalue weighted by atomic mass is 9.93. The summed E-state index contributed by atoms with van der Waals surface area (Å²) in [6.07, 6.45) is 3.61. The number of hydrogen-bond donors (Lipinski definition) is 2. The summed E-state index contributed by atoms with van der Waals surface area (Å²) in [6.45, 7) is 0. The smallest absolute Gasteiger partial charge is 0.100 e. The number of nitriles is 1. The minimum atomic E-state index is -0.124. The molecule has 0 aliphatic heterocycles. The maximum atomic E-state index is 9.43. The highest BCUT2D eigenvalue weighted by molar-refractivity contribution is 9.10. The van der Waals surface area contributed by atoms with Crippen LogP contribution in [0.3, 0.4) is 0 Å².